The summed E-state index contributed by atoms with van der Waals surface area (Å²) in [5, 5.41) is 0.917. The van der Waals surface area contributed by atoms with Gasteiger partial charge in [-0.1, -0.05) is 0 Å². The lowest BCUT2D eigenvalue weighted by molar-refractivity contribution is -0.0591. The van der Waals surface area contributed by atoms with E-state index in [9.17, 15) is 4.79 Å². The predicted octanol–water partition coefficient (Wildman–Crippen LogP) is 2.64. The average molecular weight is 262 g/mol. The van der Waals surface area contributed by atoms with E-state index in [1.807, 2.05) is 39.0 Å². The third-order valence-corrected chi connectivity index (χ3v) is 2.52. The van der Waals surface area contributed by atoms with Crippen molar-refractivity contribution in [1.29, 1.82) is 0 Å². The molecule has 2 aromatic rings. The van der Waals surface area contributed by atoms with Gasteiger partial charge in [-0.3, -0.25) is 9.63 Å². The van der Waals surface area contributed by atoms with Crippen molar-refractivity contribution in [3.8, 4) is 5.75 Å². The number of carbonyl (C=O) groups excluding carboxylic acids is 1. The fourth-order valence-electron chi connectivity index (χ4n) is 1.61. The molecule has 5 nitrogen and oxygen atoms in total. The molecular weight excluding hydrogens is 244 g/mol. The van der Waals surface area contributed by atoms with Gasteiger partial charge in [-0.15, -0.1) is 0 Å². The van der Waals surface area contributed by atoms with Gasteiger partial charge in [0.25, 0.3) is 5.91 Å². The van der Waals surface area contributed by atoms with Crippen LogP contribution in [0.15, 0.2) is 24.3 Å². The molecule has 0 aliphatic rings. The fourth-order valence-corrected chi connectivity index (χ4v) is 1.61. The number of fused-ring (bicyclic) bond motifs is 1. The monoisotopic (exact) mass is 262 g/mol. The van der Waals surface area contributed by atoms with E-state index in [2.05, 4.69) is 10.5 Å². The zero-order valence-electron chi connectivity index (χ0n) is 11.5. The number of amides is 1. The summed E-state index contributed by atoms with van der Waals surface area (Å²) < 4.78 is 5.15. The van der Waals surface area contributed by atoms with Crippen molar-refractivity contribution in [2.45, 2.75) is 26.4 Å². The SMILES string of the molecule is COc1ccc2[nH]c(C(=O)NOC(C)(C)C)cc2c1. The van der Waals surface area contributed by atoms with Crippen LogP contribution in [0.25, 0.3) is 10.9 Å². The highest BCUT2D eigenvalue weighted by Gasteiger charge is 2.15. The third kappa shape index (κ3) is 3.26. The second kappa shape index (κ2) is 4.93. The molecule has 5 heteroatoms. The Morgan fingerprint density at radius 3 is 2.63 bits per heavy atom. The van der Waals surface area contributed by atoms with Crippen LogP contribution in [-0.2, 0) is 4.84 Å². The minimum absolute atomic E-state index is 0.301. The van der Waals surface area contributed by atoms with E-state index >= 15 is 0 Å². The fraction of sp³-hybridized carbons (Fsp3) is 0.357. The first kappa shape index (κ1) is 13.4. The molecule has 0 radical (unpaired) electrons. The summed E-state index contributed by atoms with van der Waals surface area (Å²) in [6.45, 7) is 5.59. The number of rotatable bonds is 3. The van der Waals surface area contributed by atoms with Crippen LogP contribution in [0.3, 0.4) is 0 Å². The van der Waals surface area contributed by atoms with Crippen molar-refractivity contribution in [2.24, 2.45) is 0 Å². The largest absolute Gasteiger partial charge is 0.497 e. The minimum atomic E-state index is -0.426. The van der Waals surface area contributed by atoms with Crippen molar-refractivity contribution < 1.29 is 14.4 Å². The van der Waals surface area contributed by atoms with Crippen LogP contribution in [0.2, 0.25) is 0 Å². The highest BCUT2D eigenvalue weighted by molar-refractivity contribution is 5.97. The van der Waals surface area contributed by atoms with Crippen molar-refractivity contribution in [2.75, 3.05) is 7.11 Å². The number of benzene rings is 1. The maximum absolute atomic E-state index is 11.9. The van der Waals surface area contributed by atoms with Gasteiger partial charge < -0.3 is 9.72 Å². The first-order chi connectivity index (χ1) is 8.89. The molecule has 2 rings (SSSR count). The average Bonchev–Trinajstić information content (AvgIpc) is 2.77. The number of carbonyl (C=O) groups is 1. The zero-order chi connectivity index (χ0) is 14.0. The van der Waals surface area contributed by atoms with Crippen LogP contribution < -0.4 is 10.2 Å². The van der Waals surface area contributed by atoms with E-state index in [1.54, 1.807) is 13.2 Å². The van der Waals surface area contributed by atoms with E-state index in [4.69, 9.17) is 9.57 Å². The van der Waals surface area contributed by atoms with Crippen molar-refractivity contribution in [3.63, 3.8) is 0 Å². The summed E-state index contributed by atoms with van der Waals surface area (Å²) in [7, 11) is 1.61. The lowest BCUT2D eigenvalue weighted by Gasteiger charge is -2.18. The summed E-state index contributed by atoms with van der Waals surface area (Å²) in [4.78, 5) is 20.2. The molecule has 0 aliphatic carbocycles. The number of ether oxygens (including phenoxy) is 1. The van der Waals surface area contributed by atoms with E-state index in [-0.39, 0.29) is 5.91 Å². The van der Waals surface area contributed by atoms with E-state index in [0.717, 1.165) is 16.7 Å². The normalized spacial score (nSPS) is 11.6. The molecule has 0 atom stereocenters. The number of hydrogen-bond acceptors (Lipinski definition) is 3. The highest BCUT2D eigenvalue weighted by Crippen LogP contribution is 2.21. The lowest BCUT2D eigenvalue weighted by atomic mass is 10.2. The van der Waals surface area contributed by atoms with Crippen LogP contribution in [-0.4, -0.2) is 23.6 Å². The summed E-state index contributed by atoms with van der Waals surface area (Å²) in [6.07, 6.45) is 0. The van der Waals surface area contributed by atoms with Crippen LogP contribution in [0.5, 0.6) is 5.75 Å². The topological polar surface area (TPSA) is 63.4 Å². The number of nitrogens with one attached hydrogen (secondary N) is 2. The molecule has 1 amide bonds. The van der Waals surface area contributed by atoms with Crippen LogP contribution >= 0.6 is 0 Å². The molecule has 2 N–H and O–H groups in total. The number of aromatic amines is 1. The van der Waals surface area contributed by atoms with Crippen molar-refractivity contribution in [1.82, 2.24) is 10.5 Å². The van der Waals surface area contributed by atoms with Gasteiger partial charge in [0.2, 0.25) is 0 Å². The number of hydroxylamine groups is 1. The van der Waals surface area contributed by atoms with Crippen LogP contribution in [0, 0.1) is 0 Å². The second-order valence-electron chi connectivity index (χ2n) is 5.28. The number of methoxy groups -OCH3 is 1. The Kier molecular flexibility index (Phi) is 3.48. The van der Waals surface area contributed by atoms with E-state index in [1.165, 1.54) is 0 Å². The Morgan fingerprint density at radius 2 is 2.00 bits per heavy atom. The van der Waals surface area contributed by atoms with E-state index < -0.39 is 5.60 Å². The van der Waals surface area contributed by atoms with Crippen LogP contribution in [0.4, 0.5) is 0 Å². The molecule has 0 fully saturated rings. The molecule has 1 aromatic carbocycles. The third-order valence-electron chi connectivity index (χ3n) is 2.52. The van der Waals surface area contributed by atoms with Crippen molar-refractivity contribution >= 4 is 16.8 Å². The van der Waals surface area contributed by atoms with Gasteiger partial charge >= 0.3 is 0 Å². The molecule has 0 spiro atoms. The van der Waals surface area contributed by atoms with Gasteiger partial charge in [-0.05, 0) is 45.0 Å². The smallest absolute Gasteiger partial charge is 0.291 e. The molecule has 102 valence electrons. The summed E-state index contributed by atoms with van der Waals surface area (Å²) >= 11 is 0. The number of aromatic nitrogens is 1. The molecule has 0 saturated heterocycles. The molecule has 0 unspecified atom stereocenters. The Balaban J connectivity index is 2.19. The Morgan fingerprint density at radius 1 is 1.26 bits per heavy atom. The van der Waals surface area contributed by atoms with Crippen molar-refractivity contribution in [3.05, 3.63) is 30.0 Å². The van der Waals surface area contributed by atoms with Gasteiger partial charge in [0, 0.05) is 10.9 Å². The zero-order valence-corrected chi connectivity index (χ0v) is 11.5. The van der Waals surface area contributed by atoms with Gasteiger partial charge in [-0.25, -0.2) is 5.48 Å². The van der Waals surface area contributed by atoms with Gasteiger partial charge in [-0.2, -0.15) is 0 Å². The molecule has 0 saturated carbocycles. The summed E-state index contributed by atoms with van der Waals surface area (Å²) in [5.41, 5.74) is 3.33. The van der Waals surface area contributed by atoms with Gasteiger partial charge in [0.1, 0.15) is 11.4 Å². The first-order valence-electron chi connectivity index (χ1n) is 6.04. The second-order valence-corrected chi connectivity index (χ2v) is 5.28. The van der Waals surface area contributed by atoms with Crippen LogP contribution in [0.1, 0.15) is 31.3 Å². The maximum Gasteiger partial charge on any atom is 0.291 e. The molecule has 0 bridgehead atoms. The molecule has 0 aliphatic heterocycles. The summed E-state index contributed by atoms with van der Waals surface area (Å²) in [6, 6.07) is 7.34. The summed E-state index contributed by atoms with van der Waals surface area (Å²) in [5.74, 6) is 0.453. The lowest BCUT2D eigenvalue weighted by Crippen LogP contribution is -2.33. The standard InChI is InChI=1S/C14H18N2O3/c1-14(2,3)19-16-13(17)12-8-9-7-10(18-4)5-6-11(9)15-12/h5-8,15H,1-4H3,(H,16,17). The van der Waals surface area contributed by atoms with Gasteiger partial charge in [0.05, 0.1) is 12.7 Å². The highest BCUT2D eigenvalue weighted by atomic mass is 16.7. The number of hydrogen-bond donors (Lipinski definition) is 2. The molecule has 19 heavy (non-hydrogen) atoms. The Bertz CT molecular complexity index is 596. The van der Waals surface area contributed by atoms with Gasteiger partial charge in [0.15, 0.2) is 0 Å². The first-order valence-corrected chi connectivity index (χ1v) is 6.04. The molecule has 1 aromatic heterocycles. The maximum atomic E-state index is 11.9. The number of H-pyrrole nitrogens is 1. The minimum Gasteiger partial charge on any atom is -0.497 e. The Labute approximate surface area is 111 Å². The predicted molar refractivity (Wildman–Crippen MR) is 73.2 cm³/mol. The molecule has 1 heterocycles. The molecular formula is C14H18N2O3. The van der Waals surface area contributed by atoms with E-state index in [0.29, 0.717) is 5.69 Å². The quantitative estimate of drug-likeness (QED) is 0.836. The Hall–Kier alpha value is -2.01.